The van der Waals surface area contributed by atoms with E-state index in [4.69, 9.17) is 0 Å². The van der Waals surface area contributed by atoms with Gasteiger partial charge in [0.05, 0.1) is 0 Å². The van der Waals surface area contributed by atoms with E-state index in [0.717, 1.165) is 16.6 Å². The van der Waals surface area contributed by atoms with E-state index < -0.39 is 0 Å². The minimum Gasteiger partial charge on any atom is -0.288 e. The van der Waals surface area contributed by atoms with Crippen LogP contribution in [0.5, 0.6) is 0 Å². The topological polar surface area (TPSA) is 17.1 Å². The second-order valence-electron chi connectivity index (χ2n) is 2.72. The molecule has 0 aliphatic carbocycles. The molecule has 1 aromatic rings. The highest BCUT2D eigenvalue weighted by Gasteiger charge is 1.96. The quantitative estimate of drug-likeness (QED) is 0.828. The highest BCUT2D eigenvalue weighted by molar-refractivity contribution is 9.10. The van der Waals surface area contributed by atoms with Crippen LogP contribution in [-0.4, -0.2) is 10.9 Å². The van der Waals surface area contributed by atoms with E-state index in [0.29, 0.717) is 0 Å². The lowest BCUT2D eigenvalue weighted by molar-refractivity contribution is -0.109. The minimum absolute atomic E-state index is 0.192. The standard InChI is InChI=1S/C10H11BrOS/c1-8(12)13-7-6-9-2-4-10(11)5-3-9/h2-5H,6-7H2,1H3. The lowest BCUT2D eigenvalue weighted by Crippen LogP contribution is -1.91. The summed E-state index contributed by atoms with van der Waals surface area (Å²) < 4.78 is 1.09. The molecule has 0 unspecified atom stereocenters. The summed E-state index contributed by atoms with van der Waals surface area (Å²) in [5, 5.41) is 0.192. The fourth-order valence-corrected chi connectivity index (χ4v) is 1.85. The molecule has 0 saturated carbocycles. The third-order valence-corrected chi connectivity index (χ3v) is 2.95. The Morgan fingerprint density at radius 2 is 2.00 bits per heavy atom. The van der Waals surface area contributed by atoms with Gasteiger partial charge in [0.1, 0.15) is 0 Å². The summed E-state index contributed by atoms with van der Waals surface area (Å²) in [4.78, 5) is 10.6. The van der Waals surface area contributed by atoms with Crippen LogP contribution in [0.15, 0.2) is 28.7 Å². The average molecular weight is 259 g/mol. The minimum atomic E-state index is 0.192. The molecule has 1 rings (SSSR count). The molecular weight excluding hydrogens is 248 g/mol. The number of halogens is 1. The molecule has 0 amide bonds. The number of carbonyl (C=O) groups is 1. The molecule has 1 nitrogen and oxygen atoms in total. The molecule has 0 saturated heterocycles. The Morgan fingerprint density at radius 1 is 1.38 bits per heavy atom. The normalized spacial score (nSPS) is 10.0. The third kappa shape index (κ3) is 4.48. The van der Waals surface area contributed by atoms with E-state index >= 15 is 0 Å². The first-order chi connectivity index (χ1) is 6.18. The second kappa shape index (κ2) is 5.45. The molecule has 0 N–H and O–H groups in total. The van der Waals surface area contributed by atoms with E-state index in [2.05, 4.69) is 28.1 Å². The number of hydrogen-bond acceptors (Lipinski definition) is 2. The van der Waals surface area contributed by atoms with Crippen LogP contribution < -0.4 is 0 Å². The number of carbonyl (C=O) groups excluding carboxylic acids is 1. The molecule has 0 aromatic heterocycles. The summed E-state index contributed by atoms with van der Waals surface area (Å²) in [6, 6.07) is 8.19. The first-order valence-electron chi connectivity index (χ1n) is 4.06. The zero-order chi connectivity index (χ0) is 9.68. The molecule has 0 bridgehead atoms. The molecule has 70 valence electrons. The van der Waals surface area contributed by atoms with Crippen LogP contribution in [0.2, 0.25) is 0 Å². The van der Waals surface area contributed by atoms with Crippen LogP contribution in [0.1, 0.15) is 12.5 Å². The predicted octanol–water partition coefficient (Wildman–Crippen LogP) is 3.27. The van der Waals surface area contributed by atoms with Crippen molar-refractivity contribution in [2.45, 2.75) is 13.3 Å². The summed E-state index contributed by atoms with van der Waals surface area (Å²) in [7, 11) is 0. The van der Waals surface area contributed by atoms with Crippen LogP contribution in [0, 0.1) is 0 Å². The zero-order valence-corrected chi connectivity index (χ0v) is 9.82. The molecule has 0 aliphatic heterocycles. The van der Waals surface area contributed by atoms with Gasteiger partial charge in [0.25, 0.3) is 0 Å². The van der Waals surface area contributed by atoms with Gasteiger partial charge >= 0.3 is 0 Å². The van der Waals surface area contributed by atoms with Crippen molar-refractivity contribution in [2.24, 2.45) is 0 Å². The Bertz CT molecular complexity index is 281. The van der Waals surface area contributed by atoms with Crippen LogP contribution in [0.3, 0.4) is 0 Å². The van der Waals surface area contributed by atoms with Gasteiger partial charge in [-0.1, -0.05) is 39.8 Å². The molecule has 0 aliphatic rings. The van der Waals surface area contributed by atoms with Crippen molar-refractivity contribution in [3.05, 3.63) is 34.3 Å². The molecule has 0 radical (unpaired) electrons. The largest absolute Gasteiger partial charge is 0.288 e. The summed E-state index contributed by atoms with van der Waals surface area (Å²) in [5.41, 5.74) is 1.27. The van der Waals surface area contributed by atoms with Crippen LogP contribution in [-0.2, 0) is 11.2 Å². The highest BCUT2D eigenvalue weighted by atomic mass is 79.9. The Morgan fingerprint density at radius 3 is 2.54 bits per heavy atom. The van der Waals surface area contributed by atoms with Gasteiger partial charge in [-0.3, -0.25) is 4.79 Å². The molecule has 0 atom stereocenters. The first kappa shape index (κ1) is 10.8. The van der Waals surface area contributed by atoms with Crippen molar-refractivity contribution in [1.82, 2.24) is 0 Å². The fourth-order valence-electron chi connectivity index (χ4n) is 0.964. The third-order valence-electron chi connectivity index (χ3n) is 1.61. The van der Waals surface area contributed by atoms with Gasteiger partial charge in [0.2, 0.25) is 0 Å². The molecule has 0 fully saturated rings. The van der Waals surface area contributed by atoms with Crippen molar-refractivity contribution in [3.8, 4) is 0 Å². The average Bonchev–Trinajstić information content (AvgIpc) is 2.08. The van der Waals surface area contributed by atoms with Gasteiger partial charge in [-0.15, -0.1) is 0 Å². The number of hydrogen-bond donors (Lipinski definition) is 0. The maximum Gasteiger partial charge on any atom is 0.185 e. The van der Waals surface area contributed by atoms with Gasteiger partial charge in [0, 0.05) is 17.1 Å². The van der Waals surface area contributed by atoms with Crippen molar-refractivity contribution in [2.75, 3.05) is 5.75 Å². The van der Waals surface area contributed by atoms with Crippen LogP contribution in [0.25, 0.3) is 0 Å². The smallest absolute Gasteiger partial charge is 0.185 e. The Balaban J connectivity index is 2.37. The second-order valence-corrected chi connectivity index (χ2v) is 4.90. The SMILES string of the molecule is CC(=O)SCCc1ccc(Br)cc1. The van der Waals surface area contributed by atoms with Gasteiger partial charge in [-0.25, -0.2) is 0 Å². The zero-order valence-electron chi connectivity index (χ0n) is 7.42. The van der Waals surface area contributed by atoms with Crippen molar-refractivity contribution < 1.29 is 4.79 Å². The number of rotatable bonds is 3. The van der Waals surface area contributed by atoms with E-state index in [1.807, 2.05) is 12.1 Å². The van der Waals surface area contributed by atoms with E-state index in [1.54, 1.807) is 6.92 Å². The lowest BCUT2D eigenvalue weighted by atomic mass is 10.2. The first-order valence-corrected chi connectivity index (χ1v) is 5.84. The number of aryl methyl sites for hydroxylation is 1. The summed E-state index contributed by atoms with van der Waals surface area (Å²) in [6.07, 6.45) is 0.956. The Kier molecular flexibility index (Phi) is 4.53. The maximum atomic E-state index is 10.6. The molecule has 0 spiro atoms. The van der Waals surface area contributed by atoms with E-state index in [-0.39, 0.29) is 5.12 Å². The van der Waals surface area contributed by atoms with Crippen LogP contribution >= 0.6 is 27.7 Å². The number of benzene rings is 1. The molecular formula is C10H11BrOS. The van der Waals surface area contributed by atoms with Crippen molar-refractivity contribution >= 4 is 32.8 Å². The summed E-state index contributed by atoms with van der Waals surface area (Å²) >= 11 is 4.76. The molecule has 3 heteroatoms. The monoisotopic (exact) mass is 258 g/mol. The van der Waals surface area contributed by atoms with Gasteiger partial charge in [-0.05, 0) is 24.1 Å². The van der Waals surface area contributed by atoms with Gasteiger partial charge in [0.15, 0.2) is 5.12 Å². The van der Waals surface area contributed by atoms with Gasteiger partial charge < -0.3 is 0 Å². The van der Waals surface area contributed by atoms with E-state index in [1.165, 1.54) is 17.3 Å². The highest BCUT2D eigenvalue weighted by Crippen LogP contribution is 2.12. The Labute approximate surface area is 91.0 Å². The Hall–Kier alpha value is -0.280. The van der Waals surface area contributed by atoms with Crippen molar-refractivity contribution in [1.29, 1.82) is 0 Å². The predicted molar refractivity (Wildman–Crippen MR) is 61.0 cm³/mol. The lowest BCUT2D eigenvalue weighted by Gasteiger charge is -1.99. The van der Waals surface area contributed by atoms with Crippen molar-refractivity contribution in [3.63, 3.8) is 0 Å². The maximum absolute atomic E-state index is 10.6. The summed E-state index contributed by atoms with van der Waals surface area (Å²) in [5.74, 6) is 0.872. The molecule has 0 heterocycles. The number of thioether (sulfide) groups is 1. The molecule has 13 heavy (non-hydrogen) atoms. The summed E-state index contributed by atoms with van der Waals surface area (Å²) in [6.45, 7) is 1.60. The fraction of sp³-hybridized carbons (Fsp3) is 0.300. The van der Waals surface area contributed by atoms with E-state index in [9.17, 15) is 4.79 Å². The van der Waals surface area contributed by atoms with Crippen LogP contribution in [0.4, 0.5) is 0 Å². The van der Waals surface area contributed by atoms with Gasteiger partial charge in [-0.2, -0.15) is 0 Å². The molecule has 1 aromatic carbocycles.